The van der Waals surface area contributed by atoms with Gasteiger partial charge in [-0.1, -0.05) is 42.3 Å². The van der Waals surface area contributed by atoms with Crippen LogP contribution in [0, 0.1) is 20.8 Å². The van der Waals surface area contributed by atoms with Crippen LogP contribution in [0.5, 0.6) is 5.75 Å². The maximum atomic E-state index is 13.1. The first-order chi connectivity index (χ1) is 14.2. The number of rotatable bonds is 8. The van der Waals surface area contributed by atoms with Gasteiger partial charge in [-0.2, -0.15) is 0 Å². The Morgan fingerprint density at radius 3 is 2.40 bits per heavy atom. The summed E-state index contributed by atoms with van der Waals surface area (Å²) in [6, 6.07) is 8.53. The van der Waals surface area contributed by atoms with Crippen LogP contribution in [0.1, 0.15) is 35.6 Å². The first-order valence-electron chi connectivity index (χ1n) is 9.83. The summed E-state index contributed by atoms with van der Waals surface area (Å²) in [7, 11) is 1.56. The van der Waals surface area contributed by atoms with E-state index in [1.807, 2.05) is 33.8 Å². The van der Waals surface area contributed by atoms with E-state index in [2.05, 4.69) is 11.4 Å². The molecular weight excluding hydrogens is 423 g/mol. The number of nitrogens with zero attached hydrogens (tertiary/aromatic N) is 1. The highest BCUT2D eigenvalue weighted by atomic mass is 35.5. The standard InChI is InChI=1S/C23H28Cl2N2O3/c1-6-20(23(29)26-5)27(12-17-7-8-18(24)19(25)11-17)22(28)13-30-21-10-14(2)9-15(3)16(21)4/h7-11,20H,6,12-13H2,1-5H3,(H,26,29)/t20-/m1/s1. The van der Waals surface area contributed by atoms with Gasteiger partial charge < -0.3 is 15.0 Å². The average molecular weight is 451 g/mol. The topological polar surface area (TPSA) is 58.6 Å². The van der Waals surface area contributed by atoms with Gasteiger partial charge in [0.1, 0.15) is 11.8 Å². The smallest absolute Gasteiger partial charge is 0.261 e. The van der Waals surface area contributed by atoms with Crippen molar-refractivity contribution < 1.29 is 14.3 Å². The van der Waals surface area contributed by atoms with Crippen molar-refractivity contribution in [1.29, 1.82) is 0 Å². The van der Waals surface area contributed by atoms with E-state index < -0.39 is 6.04 Å². The van der Waals surface area contributed by atoms with Gasteiger partial charge in [0.15, 0.2) is 6.61 Å². The Morgan fingerprint density at radius 2 is 1.80 bits per heavy atom. The van der Waals surface area contributed by atoms with E-state index in [1.165, 1.54) is 4.90 Å². The summed E-state index contributed by atoms with van der Waals surface area (Å²) < 4.78 is 5.86. The van der Waals surface area contributed by atoms with Crippen molar-refractivity contribution in [3.8, 4) is 5.75 Å². The molecular formula is C23H28Cl2N2O3. The molecule has 30 heavy (non-hydrogen) atoms. The maximum Gasteiger partial charge on any atom is 0.261 e. The fourth-order valence-electron chi connectivity index (χ4n) is 3.29. The molecule has 5 nitrogen and oxygen atoms in total. The van der Waals surface area contributed by atoms with E-state index >= 15 is 0 Å². The Bertz CT molecular complexity index is 931. The quantitative estimate of drug-likeness (QED) is 0.624. The highest BCUT2D eigenvalue weighted by Gasteiger charge is 2.28. The monoisotopic (exact) mass is 450 g/mol. The lowest BCUT2D eigenvalue weighted by Gasteiger charge is -2.30. The highest BCUT2D eigenvalue weighted by Crippen LogP contribution is 2.25. The fraction of sp³-hybridized carbons (Fsp3) is 0.391. The molecule has 0 heterocycles. The van der Waals surface area contributed by atoms with Gasteiger partial charge in [-0.3, -0.25) is 9.59 Å². The van der Waals surface area contributed by atoms with Gasteiger partial charge in [-0.25, -0.2) is 0 Å². The summed E-state index contributed by atoms with van der Waals surface area (Å²) in [5, 5.41) is 3.47. The van der Waals surface area contributed by atoms with Crippen LogP contribution in [0.3, 0.4) is 0 Å². The third kappa shape index (κ3) is 5.89. The van der Waals surface area contributed by atoms with Crippen molar-refractivity contribution in [3.05, 3.63) is 62.6 Å². The zero-order valence-electron chi connectivity index (χ0n) is 18.0. The molecule has 0 aliphatic heterocycles. The number of aryl methyl sites for hydroxylation is 2. The second-order valence-electron chi connectivity index (χ2n) is 7.30. The van der Waals surface area contributed by atoms with Crippen molar-refractivity contribution in [1.82, 2.24) is 10.2 Å². The number of nitrogens with one attached hydrogen (secondary N) is 1. The van der Waals surface area contributed by atoms with E-state index in [-0.39, 0.29) is 25.0 Å². The zero-order chi connectivity index (χ0) is 22.4. The largest absolute Gasteiger partial charge is 0.483 e. The van der Waals surface area contributed by atoms with Crippen LogP contribution in [0.25, 0.3) is 0 Å². The molecule has 0 radical (unpaired) electrons. The van der Waals surface area contributed by atoms with Gasteiger partial charge in [-0.15, -0.1) is 0 Å². The predicted molar refractivity (Wildman–Crippen MR) is 121 cm³/mol. The molecule has 2 amide bonds. The molecule has 0 saturated heterocycles. The molecule has 0 fully saturated rings. The van der Waals surface area contributed by atoms with Crippen LogP contribution in [-0.4, -0.2) is 36.4 Å². The molecule has 2 rings (SSSR count). The van der Waals surface area contributed by atoms with Crippen LogP contribution in [0.15, 0.2) is 30.3 Å². The fourth-order valence-corrected chi connectivity index (χ4v) is 3.61. The van der Waals surface area contributed by atoms with Crippen molar-refractivity contribution in [2.45, 2.75) is 46.7 Å². The first-order valence-corrected chi connectivity index (χ1v) is 10.6. The number of hydrogen-bond donors (Lipinski definition) is 1. The number of ether oxygens (including phenoxy) is 1. The van der Waals surface area contributed by atoms with Gasteiger partial charge in [0.2, 0.25) is 5.91 Å². The van der Waals surface area contributed by atoms with Gasteiger partial charge in [0.25, 0.3) is 5.91 Å². The second kappa shape index (κ2) is 10.7. The minimum atomic E-state index is -0.624. The third-order valence-corrected chi connectivity index (χ3v) is 5.82. The maximum absolute atomic E-state index is 13.1. The summed E-state index contributed by atoms with van der Waals surface area (Å²) in [6.45, 7) is 7.86. The van der Waals surface area contributed by atoms with Crippen LogP contribution >= 0.6 is 23.2 Å². The Morgan fingerprint density at radius 1 is 1.10 bits per heavy atom. The summed E-state index contributed by atoms with van der Waals surface area (Å²) in [5.74, 6) is 0.159. The number of hydrogen-bond acceptors (Lipinski definition) is 3. The van der Waals surface area contributed by atoms with Crippen LogP contribution in [0.2, 0.25) is 10.0 Å². The molecule has 1 N–H and O–H groups in total. The van der Waals surface area contributed by atoms with Gasteiger partial charge in [0.05, 0.1) is 10.0 Å². The van der Waals surface area contributed by atoms with Gasteiger partial charge >= 0.3 is 0 Å². The normalized spacial score (nSPS) is 11.7. The summed E-state index contributed by atoms with van der Waals surface area (Å²) in [5.41, 5.74) is 3.93. The number of likely N-dealkylation sites (N-methyl/N-ethyl adjacent to an activating group) is 1. The van der Waals surface area contributed by atoms with Gasteiger partial charge in [0, 0.05) is 13.6 Å². The lowest BCUT2D eigenvalue weighted by molar-refractivity contribution is -0.142. The van der Waals surface area contributed by atoms with Crippen molar-refractivity contribution in [2.24, 2.45) is 0 Å². The molecule has 2 aromatic carbocycles. The first kappa shape index (κ1) is 24.0. The molecule has 1 atom stereocenters. The van der Waals surface area contributed by atoms with Crippen LogP contribution < -0.4 is 10.1 Å². The number of amides is 2. The Hall–Kier alpha value is -2.24. The third-order valence-electron chi connectivity index (χ3n) is 5.08. The molecule has 0 spiro atoms. The van der Waals surface area contributed by atoms with Crippen molar-refractivity contribution >= 4 is 35.0 Å². The molecule has 0 aromatic heterocycles. The molecule has 7 heteroatoms. The SMILES string of the molecule is CC[C@H](C(=O)NC)N(Cc1ccc(Cl)c(Cl)c1)C(=O)COc1cc(C)cc(C)c1C. The molecule has 0 saturated carbocycles. The van der Waals surface area contributed by atoms with Crippen LogP contribution in [-0.2, 0) is 16.1 Å². The predicted octanol–water partition coefficient (Wildman–Crippen LogP) is 4.85. The Labute approximate surface area is 188 Å². The van der Waals surface area contributed by atoms with E-state index in [0.29, 0.717) is 22.2 Å². The lowest BCUT2D eigenvalue weighted by Crippen LogP contribution is -2.49. The molecule has 162 valence electrons. The van der Waals surface area contributed by atoms with E-state index in [1.54, 1.807) is 25.2 Å². The Balaban J connectivity index is 2.27. The molecule has 0 aliphatic rings. The van der Waals surface area contributed by atoms with Crippen LogP contribution in [0.4, 0.5) is 0 Å². The van der Waals surface area contributed by atoms with Crippen molar-refractivity contribution in [3.63, 3.8) is 0 Å². The van der Waals surface area contributed by atoms with Crippen molar-refractivity contribution in [2.75, 3.05) is 13.7 Å². The van der Waals surface area contributed by atoms with E-state index in [4.69, 9.17) is 27.9 Å². The lowest BCUT2D eigenvalue weighted by atomic mass is 10.1. The van der Waals surface area contributed by atoms with E-state index in [0.717, 1.165) is 22.3 Å². The van der Waals surface area contributed by atoms with Gasteiger partial charge in [-0.05, 0) is 67.6 Å². The molecule has 2 aromatic rings. The second-order valence-corrected chi connectivity index (χ2v) is 8.12. The highest BCUT2D eigenvalue weighted by molar-refractivity contribution is 6.42. The van der Waals surface area contributed by atoms with E-state index in [9.17, 15) is 9.59 Å². The number of benzene rings is 2. The molecule has 0 bridgehead atoms. The molecule has 0 unspecified atom stereocenters. The Kier molecular flexibility index (Phi) is 8.56. The summed E-state index contributed by atoms with van der Waals surface area (Å²) in [6.07, 6.45) is 0.468. The number of carbonyl (C=O) groups is 2. The minimum absolute atomic E-state index is 0.168. The zero-order valence-corrected chi connectivity index (χ0v) is 19.5. The number of carbonyl (C=O) groups excluding carboxylic acids is 2. The summed E-state index contributed by atoms with van der Waals surface area (Å²) >= 11 is 12.1. The summed E-state index contributed by atoms with van der Waals surface area (Å²) in [4.78, 5) is 27.1. The number of halogens is 2. The molecule has 0 aliphatic carbocycles. The minimum Gasteiger partial charge on any atom is -0.483 e. The average Bonchev–Trinajstić information content (AvgIpc) is 2.71.